The van der Waals surface area contributed by atoms with Crippen LogP contribution in [0.15, 0.2) is 12.1 Å². The van der Waals surface area contributed by atoms with E-state index in [1.54, 1.807) is 11.3 Å². The highest BCUT2D eigenvalue weighted by atomic mass is 32.1. The van der Waals surface area contributed by atoms with Crippen molar-refractivity contribution in [3.8, 4) is 0 Å². The summed E-state index contributed by atoms with van der Waals surface area (Å²) in [4.78, 5) is 16.5. The molecular weight excluding hydrogens is 246 g/mol. The number of nitrogens with zero attached hydrogens (tertiary/aromatic N) is 1. The van der Waals surface area contributed by atoms with Crippen LogP contribution >= 0.6 is 11.3 Å². The average Bonchev–Trinajstić information content (AvgIpc) is 2.86. The molecule has 1 N–H and O–H groups in total. The highest BCUT2D eigenvalue weighted by molar-refractivity contribution is 7.11. The van der Waals surface area contributed by atoms with Crippen LogP contribution in [0.5, 0.6) is 0 Å². The van der Waals surface area contributed by atoms with E-state index < -0.39 is 11.4 Å². The van der Waals surface area contributed by atoms with Crippen molar-refractivity contribution in [1.82, 2.24) is 4.90 Å². The number of carboxylic acid groups (broad SMARTS) is 1. The molecule has 1 saturated heterocycles. The van der Waals surface area contributed by atoms with E-state index in [4.69, 9.17) is 0 Å². The molecule has 0 amide bonds. The number of likely N-dealkylation sites (tertiary alicyclic amines) is 1. The van der Waals surface area contributed by atoms with Gasteiger partial charge < -0.3 is 5.11 Å². The summed E-state index contributed by atoms with van der Waals surface area (Å²) >= 11 is 1.80. The number of hydrogen-bond acceptors (Lipinski definition) is 3. The molecule has 1 aliphatic rings. The van der Waals surface area contributed by atoms with E-state index in [9.17, 15) is 9.90 Å². The summed E-state index contributed by atoms with van der Waals surface area (Å²) in [6.07, 6.45) is 0.768. The number of hydrogen-bond donors (Lipinski definition) is 1. The van der Waals surface area contributed by atoms with Crippen LogP contribution in [0, 0.1) is 18.3 Å². The Morgan fingerprint density at radius 3 is 2.72 bits per heavy atom. The molecule has 1 aliphatic heterocycles. The first-order chi connectivity index (χ1) is 8.44. The zero-order valence-electron chi connectivity index (χ0n) is 11.3. The minimum Gasteiger partial charge on any atom is -0.481 e. The van der Waals surface area contributed by atoms with Crippen LogP contribution in [0.4, 0.5) is 0 Å². The largest absolute Gasteiger partial charge is 0.481 e. The lowest BCUT2D eigenvalue weighted by Gasteiger charge is -2.28. The van der Waals surface area contributed by atoms with E-state index >= 15 is 0 Å². The third-order valence-electron chi connectivity index (χ3n) is 4.09. The van der Waals surface area contributed by atoms with Crippen molar-refractivity contribution >= 4 is 17.3 Å². The van der Waals surface area contributed by atoms with Crippen LogP contribution in [-0.4, -0.2) is 29.1 Å². The second kappa shape index (κ2) is 5.02. The Balaban J connectivity index is 2.05. The number of rotatable bonds is 4. The van der Waals surface area contributed by atoms with Crippen molar-refractivity contribution < 1.29 is 9.90 Å². The molecule has 1 aromatic rings. The molecule has 3 nitrogen and oxygen atoms in total. The summed E-state index contributed by atoms with van der Waals surface area (Å²) in [5.74, 6) is -0.451. The van der Waals surface area contributed by atoms with E-state index in [1.165, 1.54) is 9.75 Å². The van der Waals surface area contributed by atoms with Crippen LogP contribution in [0.3, 0.4) is 0 Å². The Bertz CT molecular complexity index is 441. The number of aliphatic carboxylic acids is 1. The molecule has 18 heavy (non-hydrogen) atoms. The lowest BCUT2D eigenvalue weighted by atomic mass is 9.76. The lowest BCUT2D eigenvalue weighted by Crippen LogP contribution is -2.39. The molecule has 2 rings (SSSR count). The number of carbonyl (C=O) groups is 1. The Kier molecular flexibility index (Phi) is 3.78. The van der Waals surface area contributed by atoms with Crippen molar-refractivity contribution in [2.24, 2.45) is 11.3 Å². The average molecular weight is 267 g/mol. The van der Waals surface area contributed by atoms with E-state index in [2.05, 4.69) is 24.0 Å². The summed E-state index contributed by atoms with van der Waals surface area (Å²) in [5.41, 5.74) is -0.549. The molecule has 1 fully saturated rings. The van der Waals surface area contributed by atoms with E-state index in [0.717, 1.165) is 19.5 Å². The Morgan fingerprint density at radius 2 is 2.28 bits per heavy atom. The maximum atomic E-state index is 11.5. The third-order valence-corrected chi connectivity index (χ3v) is 5.07. The second-order valence-electron chi connectivity index (χ2n) is 5.59. The maximum Gasteiger partial charge on any atom is 0.311 e. The quantitative estimate of drug-likeness (QED) is 0.911. The normalized spacial score (nSPS) is 24.9. The van der Waals surface area contributed by atoms with Crippen LogP contribution in [-0.2, 0) is 11.3 Å². The molecule has 4 heteroatoms. The smallest absolute Gasteiger partial charge is 0.311 e. The molecule has 1 unspecified atom stereocenters. The molecule has 1 aromatic heterocycles. The van der Waals surface area contributed by atoms with Crippen molar-refractivity contribution in [2.75, 3.05) is 13.1 Å². The molecule has 1 atom stereocenters. The lowest BCUT2D eigenvalue weighted by molar-refractivity contribution is -0.151. The Labute approximate surface area is 112 Å². The minimum atomic E-state index is -0.637. The van der Waals surface area contributed by atoms with Gasteiger partial charge in [0.05, 0.1) is 5.41 Å². The molecule has 0 aromatic carbocycles. The Hall–Kier alpha value is -0.870. The second-order valence-corrected chi connectivity index (χ2v) is 6.96. The fourth-order valence-electron chi connectivity index (χ4n) is 2.73. The zero-order chi connectivity index (χ0) is 13.3. The van der Waals surface area contributed by atoms with Crippen LogP contribution in [0.1, 0.15) is 30.0 Å². The molecule has 0 aliphatic carbocycles. The first kappa shape index (κ1) is 13.6. The van der Waals surface area contributed by atoms with E-state index in [0.29, 0.717) is 6.54 Å². The topological polar surface area (TPSA) is 40.5 Å². The molecule has 0 radical (unpaired) electrons. The summed E-state index contributed by atoms with van der Waals surface area (Å²) in [7, 11) is 0. The van der Waals surface area contributed by atoms with Gasteiger partial charge in [0, 0.05) is 22.8 Å². The predicted molar refractivity (Wildman–Crippen MR) is 73.9 cm³/mol. The number of carboxylic acids is 1. The minimum absolute atomic E-state index is 0.185. The molecule has 0 spiro atoms. The zero-order valence-corrected chi connectivity index (χ0v) is 12.1. The van der Waals surface area contributed by atoms with Gasteiger partial charge in [0.1, 0.15) is 0 Å². The monoisotopic (exact) mass is 267 g/mol. The van der Waals surface area contributed by atoms with Crippen LogP contribution < -0.4 is 0 Å². The van der Waals surface area contributed by atoms with Crippen molar-refractivity contribution in [1.29, 1.82) is 0 Å². The first-order valence-electron chi connectivity index (χ1n) is 6.45. The summed E-state index contributed by atoms with van der Waals surface area (Å²) in [5, 5.41) is 9.50. The van der Waals surface area contributed by atoms with Gasteiger partial charge in [-0.25, -0.2) is 0 Å². The van der Waals surface area contributed by atoms with Gasteiger partial charge in [-0.2, -0.15) is 0 Å². The van der Waals surface area contributed by atoms with E-state index in [1.807, 2.05) is 13.8 Å². The van der Waals surface area contributed by atoms with Gasteiger partial charge in [0.25, 0.3) is 0 Å². The fraction of sp³-hybridized carbons (Fsp3) is 0.643. The van der Waals surface area contributed by atoms with Gasteiger partial charge in [-0.15, -0.1) is 11.3 Å². The van der Waals surface area contributed by atoms with Gasteiger partial charge in [-0.3, -0.25) is 9.69 Å². The van der Waals surface area contributed by atoms with Gasteiger partial charge >= 0.3 is 5.97 Å². The van der Waals surface area contributed by atoms with Gasteiger partial charge in [-0.05, 0) is 37.9 Å². The Morgan fingerprint density at radius 1 is 1.56 bits per heavy atom. The fourth-order valence-corrected chi connectivity index (χ4v) is 3.67. The summed E-state index contributed by atoms with van der Waals surface area (Å²) in [6.45, 7) is 8.60. The SMILES string of the molecule is Cc1ccc(CN2CCC(C(=O)O)(C(C)C)C2)s1. The standard InChI is InChI=1S/C14H21NO2S/c1-10(2)14(13(16)17)6-7-15(9-14)8-12-5-4-11(3)18-12/h4-5,10H,6-9H2,1-3H3,(H,16,17). The maximum absolute atomic E-state index is 11.5. The number of aryl methyl sites for hydroxylation is 1. The molecule has 0 bridgehead atoms. The molecular formula is C14H21NO2S. The molecule has 0 saturated carbocycles. The van der Waals surface area contributed by atoms with Gasteiger partial charge in [0.2, 0.25) is 0 Å². The predicted octanol–water partition coefficient (Wildman–Crippen LogP) is 2.99. The van der Waals surface area contributed by atoms with Gasteiger partial charge in [0.15, 0.2) is 0 Å². The van der Waals surface area contributed by atoms with Crippen LogP contribution in [0.2, 0.25) is 0 Å². The highest BCUT2D eigenvalue weighted by Crippen LogP contribution is 2.38. The summed E-state index contributed by atoms with van der Waals surface area (Å²) < 4.78 is 0. The van der Waals surface area contributed by atoms with Crippen molar-refractivity contribution in [3.63, 3.8) is 0 Å². The van der Waals surface area contributed by atoms with Gasteiger partial charge in [-0.1, -0.05) is 13.8 Å². The number of thiophene rings is 1. The molecule has 2 heterocycles. The van der Waals surface area contributed by atoms with E-state index in [-0.39, 0.29) is 5.92 Å². The van der Waals surface area contributed by atoms with Crippen LogP contribution in [0.25, 0.3) is 0 Å². The third kappa shape index (κ3) is 2.45. The summed E-state index contributed by atoms with van der Waals surface area (Å²) in [6, 6.07) is 4.28. The molecule has 100 valence electrons. The van der Waals surface area contributed by atoms with Crippen molar-refractivity contribution in [2.45, 2.75) is 33.7 Å². The highest BCUT2D eigenvalue weighted by Gasteiger charge is 2.47. The van der Waals surface area contributed by atoms with Crippen molar-refractivity contribution in [3.05, 3.63) is 21.9 Å². The first-order valence-corrected chi connectivity index (χ1v) is 7.27.